The Morgan fingerprint density at radius 3 is 2.44 bits per heavy atom. The first kappa shape index (κ1) is 17.8. The van der Waals surface area contributed by atoms with Gasteiger partial charge < -0.3 is 0 Å². The minimum atomic E-state index is -4.38. The maximum Gasteiger partial charge on any atom is 0.246 e. The van der Waals surface area contributed by atoms with E-state index in [9.17, 15) is 21.6 Å². The highest BCUT2D eigenvalue weighted by atomic mass is 32.2. The van der Waals surface area contributed by atoms with Gasteiger partial charge in [-0.1, -0.05) is 12.1 Å². The van der Waals surface area contributed by atoms with Gasteiger partial charge >= 0.3 is 0 Å². The van der Waals surface area contributed by atoms with Crippen LogP contribution in [0.4, 0.5) is 13.2 Å². The molecule has 1 aromatic heterocycles. The molecule has 0 bridgehead atoms. The van der Waals surface area contributed by atoms with Gasteiger partial charge in [-0.25, -0.2) is 26.6 Å². The predicted molar refractivity (Wildman–Crippen MR) is 89.3 cm³/mol. The molecule has 0 aliphatic heterocycles. The molecule has 2 aromatic carbocycles. The zero-order valence-corrected chi connectivity index (χ0v) is 14.8. The molecular formula is C16H13F3N2O2S2. The molecule has 0 saturated carbocycles. The highest BCUT2D eigenvalue weighted by Crippen LogP contribution is 2.32. The molecule has 3 aromatic rings. The Morgan fingerprint density at radius 1 is 1.08 bits per heavy atom. The van der Waals surface area contributed by atoms with Gasteiger partial charge in [-0.05, 0) is 31.2 Å². The van der Waals surface area contributed by atoms with Crippen LogP contribution in [0.1, 0.15) is 18.0 Å². The van der Waals surface area contributed by atoms with E-state index in [0.717, 1.165) is 14.5 Å². The molecule has 9 heteroatoms. The maximum absolute atomic E-state index is 13.9. The fourth-order valence-corrected chi connectivity index (χ4v) is 4.81. The maximum atomic E-state index is 13.9. The second-order valence-electron chi connectivity index (χ2n) is 5.39. The van der Waals surface area contributed by atoms with Crippen LogP contribution in [-0.4, -0.2) is 24.8 Å². The largest absolute Gasteiger partial charge is 0.246 e. The summed E-state index contributed by atoms with van der Waals surface area (Å²) < 4.78 is 67.4. The quantitative estimate of drug-likeness (QED) is 0.635. The Bertz CT molecular complexity index is 1020. The van der Waals surface area contributed by atoms with Crippen molar-refractivity contribution in [3.8, 4) is 0 Å². The average Bonchev–Trinajstić information content (AvgIpc) is 3.02. The second-order valence-corrected chi connectivity index (χ2v) is 8.42. The summed E-state index contributed by atoms with van der Waals surface area (Å²) in [6.07, 6.45) is 0. The Labute approximate surface area is 146 Å². The van der Waals surface area contributed by atoms with Gasteiger partial charge in [0.05, 0.1) is 16.3 Å². The van der Waals surface area contributed by atoms with Gasteiger partial charge in [0.2, 0.25) is 10.0 Å². The van der Waals surface area contributed by atoms with Gasteiger partial charge in [0.25, 0.3) is 0 Å². The highest BCUT2D eigenvalue weighted by molar-refractivity contribution is 7.89. The third kappa shape index (κ3) is 3.03. The smallest absolute Gasteiger partial charge is 0.239 e. The van der Waals surface area contributed by atoms with E-state index in [-0.39, 0.29) is 0 Å². The normalized spacial score (nSPS) is 13.5. The van der Waals surface area contributed by atoms with Crippen LogP contribution in [0.5, 0.6) is 0 Å². The van der Waals surface area contributed by atoms with E-state index >= 15 is 0 Å². The first-order valence-electron chi connectivity index (χ1n) is 7.20. The van der Waals surface area contributed by atoms with E-state index in [2.05, 4.69) is 4.98 Å². The Morgan fingerprint density at radius 2 is 1.76 bits per heavy atom. The summed E-state index contributed by atoms with van der Waals surface area (Å²) in [5.41, 5.74) is 0.721. The van der Waals surface area contributed by atoms with E-state index in [4.69, 9.17) is 0 Å². The van der Waals surface area contributed by atoms with Crippen LogP contribution in [0.2, 0.25) is 0 Å². The number of benzene rings is 2. The number of hydrogen-bond donors (Lipinski definition) is 0. The second kappa shape index (κ2) is 6.40. The minimum absolute atomic E-state index is 0.510. The van der Waals surface area contributed by atoms with E-state index in [1.54, 1.807) is 13.0 Å². The van der Waals surface area contributed by atoms with Crippen molar-refractivity contribution in [2.45, 2.75) is 17.9 Å². The molecule has 132 valence electrons. The first-order valence-corrected chi connectivity index (χ1v) is 9.46. The van der Waals surface area contributed by atoms with Crippen LogP contribution in [0.15, 0.2) is 41.3 Å². The van der Waals surface area contributed by atoms with Crippen molar-refractivity contribution in [3.63, 3.8) is 0 Å². The monoisotopic (exact) mass is 386 g/mol. The van der Waals surface area contributed by atoms with Gasteiger partial charge in [0, 0.05) is 7.05 Å². The Balaban J connectivity index is 2.01. The summed E-state index contributed by atoms with van der Waals surface area (Å²) in [4.78, 5) is 3.46. The number of hydrogen-bond acceptors (Lipinski definition) is 4. The van der Waals surface area contributed by atoms with Crippen LogP contribution >= 0.6 is 11.3 Å². The van der Waals surface area contributed by atoms with Crippen LogP contribution in [-0.2, 0) is 10.0 Å². The zero-order valence-electron chi connectivity index (χ0n) is 13.2. The van der Waals surface area contributed by atoms with Gasteiger partial charge in [-0.15, -0.1) is 11.3 Å². The number of fused-ring (bicyclic) bond motifs is 1. The van der Waals surface area contributed by atoms with Crippen molar-refractivity contribution >= 4 is 31.6 Å². The Kier molecular flexibility index (Phi) is 4.56. The lowest BCUT2D eigenvalue weighted by atomic mass is 10.3. The molecule has 0 unspecified atom stereocenters. The van der Waals surface area contributed by atoms with Crippen LogP contribution in [0, 0.1) is 17.5 Å². The number of para-hydroxylation sites is 1. The molecule has 1 heterocycles. The van der Waals surface area contributed by atoms with E-state index in [1.807, 2.05) is 18.2 Å². The molecule has 0 spiro atoms. The molecule has 25 heavy (non-hydrogen) atoms. The molecule has 0 saturated heterocycles. The molecule has 0 radical (unpaired) electrons. The number of thiazole rings is 1. The third-order valence-corrected chi connectivity index (χ3v) is 7.02. The summed E-state index contributed by atoms with van der Waals surface area (Å²) in [6, 6.07) is 7.89. The van der Waals surface area contributed by atoms with E-state index < -0.39 is 38.4 Å². The molecule has 0 fully saturated rings. The standard InChI is InChI=1S/C16H13F3N2O2S2/c1-9(16-20-11-5-3-4-6-12(11)24-16)21(2)25(22,23)13-8-7-10(17)14(18)15(13)19/h3-9H,1-2H3/t9-/m0/s1. The van der Waals surface area contributed by atoms with Crippen LogP contribution in [0.3, 0.4) is 0 Å². The molecule has 0 N–H and O–H groups in total. The van der Waals surface area contributed by atoms with Gasteiger partial charge in [0.1, 0.15) is 9.90 Å². The third-order valence-electron chi connectivity index (χ3n) is 3.87. The summed E-state index contributed by atoms with van der Waals surface area (Å²) in [6.45, 7) is 1.59. The van der Waals surface area contributed by atoms with Crippen molar-refractivity contribution in [3.05, 3.63) is 58.9 Å². The summed E-state index contributed by atoms with van der Waals surface area (Å²) >= 11 is 1.31. The SMILES string of the molecule is C[C@@H](c1nc2ccccc2s1)N(C)S(=O)(=O)c1ccc(F)c(F)c1F. The van der Waals surface area contributed by atoms with Crippen molar-refractivity contribution in [2.24, 2.45) is 0 Å². The summed E-state index contributed by atoms with van der Waals surface area (Å²) in [5.74, 6) is -5.00. The lowest BCUT2D eigenvalue weighted by Gasteiger charge is -2.23. The zero-order chi connectivity index (χ0) is 18.4. The number of halogens is 3. The summed E-state index contributed by atoms with van der Waals surface area (Å²) in [5, 5.41) is 0.510. The lowest BCUT2D eigenvalue weighted by Crippen LogP contribution is -2.30. The molecule has 3 rings (SSSR count). The fraction of sp³-hybridized carbons (Fsp3) is 0.188. The molecule has 4 nitrogen and oxygen atoms in total. The number of sulfonamides is 1. The Hall–Kier alpha value is -1.97. The number of nitrogens with zero attached hydrogens (tertiary/aromatic N) is 2. The highest BCUT2D eigenvalue weighted by Gasteiger charge is 2.32. The van der Waals surface area contributed by atoms with Gasteiger partial charge in [-0.2, -0.15) is 4.31 Å². The molecule has 0 aliphatic carbocycles. The van der Waals surface area contributed by atoms with Crippen molar-refractivity contribution in [1.82, 2.24) is 9.29 Å². The minimum Gasteiger partial charge on any atom is -0.239 e. The fourth-order valence-electron chi connectivity index (χ4n) is 2.29. The van der Waals surface area contributed by atoms with Gasteiger partial charge in [-0.3, -0.25) is 0 Å². The molecule has 1 atom stereocenters. The van der Waals surface area contributed by atoms with Crippen molar-refractivity contribution in [2.75, 3.05) is 7.05 Å². The number of aromatic nitrogens is 1. The van der Waals surface area contributed by atoms with Crippen LogP contribution in [0.25, 0.3) is 10.2 Å². The molecular weight excluding hydrogens is 373 g/mol. The lowest BCUT2D eigenvalue weighted by molar-refractivity contribution is 0.388. The first-order chi connectivity index (χ1) is 11.7. The van der Waals surface area contributed by atoms with E-state index in [0.29, 0.717) is 17.1 Å². The topological polar surface area (TPSA) is 50.3 Å². The van der Waals surface area contributed by atoms with E-state index in [1.165, 1.54) is 18.4 Å². The predicted octanol–water partition coefficient (Wildman–Crippen LogP) is 4.10. The summed E-state index contributed by atoms with van der Waals surface area (Å²) in [7, 11) is -3.13. The average molecular weight is 386 g/mol. The van der Waals surface area contributed by atoms with Crippen molar-refractivity contribution in [1.29, 1.82) is 0 Å². The molecule has 0 amide bonds. The van der Waals surface area contributed by atoms with Crippen LogP contribution < -0.4 is 0 Å². The van der Waals surface area contributed by atoms with Crippen molar-refractivity contribution < 1.29 is 21.6 Å². The molecule has 0 aliphatic rings. The number of rotatable bonds is 4. The van der Waals surface area contributed by atoms with Gasteiger partial charge in [0.15, 0.2) is 17.5 Å².